The van der Waals surface area contributed by atoms with Gasteiger partial charge in [0.2, 0.25) is 0 Å². The van der Waals surface area contributed by atoms with Crippen LogP contribution in [0.4, 0.5) is 0 Å². The van der Waals surface area contributed by atoms with Crippen molar-refractivity contribution in [2.75, 3.05) is 6.61 Å². The molecular formula is C19H32N4O3. The Bertz CT molecular complexity index is 803. The molecule has 1 N–H and O–H groups in total. The summed E-state index contributed by atoms with van der Waals surface area (Å²) in [6, 6.07) is 0. The van der Waals surface area contributed by atoms with Crippen LogP contribution in [-0.2, 0) is 19.6 Å². The molecule has 2 rings (SSSR count). The Morgan fingerprint density at radius 1 is 0.885 bits per heavy atom. The lowest BCUT2D eigenvalue weighted by Gasteiger charge is -2.09. The second-order valence-electron chi connectivity index (χ2n) is 6.74. The van der Waals surface area contributed by atoms with E-state index < -0.39 is 0 Å². The van der Waals surface area contributed by atoms with Crippen molar-refractivity contribution in [2.45, 2.75) is 84.8 Å². The number of aliphatic hydroxyl groups excluding tert-OH is 1. The van der Waals surface area contributed by atoms with Gasteiger partial charge in [-0.15, -0.1) is 0 Å². The average Bonchev–Trinajstić information content (AvgIpc) is 3.05. The normalized spacial score (nSPS) is 11.5. The van der Waals surface area contributed by atoms with E-state index >= 15 is 0 Å². The molecule has 0 spiro atoms. The van der Waals surface area contributed by atoms with Crippen LogP contribution in [0.1, 0.15) is 65.2 Å². The third kappa shape index (κ3) is 4.63. The van der Waals surface area contributed by atoms with Crippen molar-refractivity contribution < 1.29 is 5.11 Å². The molecule has 7 heteroatoms. The van der Waals surface area contributed by atoms with Crippen molar-refractivity contribution in [3.8, 4) is 0 Å². The Morgan fingerprint density at radius 3 is 2.04 bits per heavy atom. The summed E-state index contributed by atoms with van der Waals surface area (Å²) in [6.07, 6.45) is 10.6. The van der Waals surface area contributed by atoms with Crippen molar-refractivity contribution in [3.63, 3.8) is 0 Å². The number of rotatable bonds is 12. The van der Waals surface area contributed by atoms with Gasteiger partial charge >= 0.3 is 5.69 Å². The number of hydrogen-bond donors (Lipinski definition) is 1. The molecule has 0 amide bonds. The molecule has 146 valence electrons. The molecule has 26 heavy (non-hydrogen) atoms. The second-order valence-corrected chi connectivity index (χ2v) is 6.74. The van der Waals surface area contributed by atoms with Crippen molar-refractivity contribution in [1.82, 2.24) is 18.7 Å². The van der Waals surface area contributed by atoms with Gasteiger partial charge in [-0.1, -0.05) is 38.5 Å². The van der Waals surface area contributed by atoms with Crippen LogP contribution in [0.25, 0.3) is 11.2 Å². The van der Waals surface area contributed by atoms with Crippen LogP contribution < -0.4 is 11.2 Å². The van der Waals surface area contributed by atoms with E-state index in [1.807, 2.05) is 18.4 Å². The summed E-state index contributed by atoms with van der Waals surface area (Å²) in [5.74, 6) is 0. The summed E-state index contributed by atoms with van der Waals surface area (Å²) in [5, 5.41) is 8.76. The van der Waals surface area contributed by atoms with Crippen molar-refractivity contribution >= 4 is 11.2 Å². The minimum Gasteiger partial charge on any atom is -0.396 e. The van der Waals surface area contributed by atoms with Crippen LogP contribution in [0.2, 0.25) is 0 Å². The zero-order valence-electron chi connectivity index (χ0n) is 16.1. The number of aromatic nitrogens is 4. The fraction of sp³-hybridized carbons (Fsp3) is 0.737. The standard InChI is InChI=1S/C19H32N4O3/c1-3-22-17-16(18(25)23(4-2)19(22)26)21(15-20-17)13-11-9-7-5-6-8-10-12-14-24/h15,24H,3-14H2,1-2H3. The van der Waals surface area contributed by atoms with Gasteiger partial charge < -0.3 is 9.67 Å². The van der Waals surface area contributed by atoms with Crippen LogP contribution in [0.15, 0.2) is 15.9 Å². The molecule has 2 heterocycles. The maximum absolute atomic E-state index is 12.7. The number of aryl methyl sites for hydroxylation is 2. The second kappa shape index (κ2) is 10.3. The fourth-order valence-corrected chi connectivity index (χ4v) is 3.43. The molecule has 0 aromatic carbocycles. The molecule has 0 unspecified atom stereocenters. The van der Waals surface area contributed by atoms with Gasteiger partial charge in [-0.05, 0) is 26.7 Å². The first kappa shape index (κ1) is 20.4. The predicted octanol–water partition coefficient (Wildman–Crippen LogP) is 2.51. The topological polar surface area (TPSA) is 82.0 Å². The molecule has 0 radical (unpaired) electrons. The van der Waals surface area contributed by atoms with Gasteiger partial charge in [0.15, 0.2) is 11.2 Å². The SMILES string of the molecule is CCn1c(=O)c2c(ncn2CCCCCCCCCCO)n(CC)c1=O. The van der Waals surface area contributed by atoms with Gasteiger partial charge in [0.05, 0.1) is 6.33 Å². The first-order valence-corrected chi connectivity index (χ1v) is 9.95. The summed E-state index contributed by atoms with van der Waals surface area (Å²) < 4.78 is 4.76. The summed E-state index contributed by atoms with van der Waals surface area (Å²) in [7, 11) is 0. The number of nitrogens with zero attached hydrogens (tertiary/aromatic N) is 4. The Kier molecular flexibility index (Phi) is 8.09. The highest BCUT2D eigenvalue weighted by Crippen LogP contribution is 2.12. The first-order chi connectivity index (χ1) is 12.7. The number of aliphatic hydroxyl groups is 1. The van der Waals surface area contributed by atoms with Crippen LogP contribution in [0.3, 0.4) is 0 Å². The lowest BCUT2D eigenvalue weighted by Crippen LogP contribution is -2.40. The molecule has 0 fully saturated rings. The van der Waals surface area contributed by atoms with Crippen LogP contribution in [0, 0.1) is 0 Å². The first-order valence-electron chi connectivity index (χ1n) is 9.95. The molecule has 0 aliphatic rings. The van der Waals surface area contributed by atoms with E-state index in [-0.39, 0.29) is 11.2 Å². The summed E-state index contributed by atoms with van der Waals surface area (Å²) in [5.41, 5.74) is 0.519. The molecule has 2 aromatic heterocycles. The lowest BCUT2D eigenvalue weighted by molar-refractivity contribution is 0.282. The molecule has 0 aliphatic carbocycles. The van der Waals surface area contributed by atoms with Gasteiger partial charge in [0, 0.05) is 26.2 Å². The van der Waals surface area contributed by atoms with E-state index in [1.54, 1.807) is 10.9 Å². The van der Waals surface area contributed by atoms with E-state index in [0.29, 0.717) is 30.9 Å². The zero-order chi connectivity index (χ0) is 18.9. The van der Waals surface area contributed by atoms with Crippen LogP contribution in [-0.4, -0.2) is 30.4 Å². The molecule has 0 saturated carbocycles. The number of hydrogen-bond acceptors (Lipinski definition) is 4. The predicted molar refractivity (Wildman–Crippen MR) is 104 cm³/mol. The highest BCUT2D eigenvalue weighted by Gasteiger charge is 2.16. The minimum atomic E-state index is -0.279. The fourth-order valence-electron chi connectivity index (χ4n) is 3.43. The molecule has 0 aliphatic heterocycles. The summed E-state index contributed by atoms with van der Waals surface area (Å²) in [6.45, 7) is 5.63. The van der Waals surface area contributed by atoms with Gasteiger partial charge in [0.1, 0.15) is 0 Å². The number of unbranched alkanes of at least 4 members (excludes halogenated alkanes) is 7. The molecule has 7 nitrogen and oxygen atoms in total. The summed E-state index contributed by atoms with van der Waals surface area (Å²) in [4.78, 5) is 29.4. The Labute approximate surface area is 154 Å². The van der Waals surface area contributed by atoms with Crippen molar-refractivity contribution in [2.24, 2.45) is 0 Å². The maximum atomic E-state index is 12.7. The molecular weight excluding hydrogens is 332 g/mol. The number of fused-ring (bicyclic) bond motifs is 1. The summed E-state index contributed by atoms with van der Waals surface area (Å²) >= 11 is 0. The molecule has 2 aromatic rings. The third-order valence-electron chi connectivity index (χ3n) is 4.92. The van der Waals surface area contributed by atoms with E-state index in [4.69, 9.17) is 5.11 Å². The van der Waals surface area contributed by atoms with Crippen molar-refractivity contribution in [3.05, 3.63) is 27.2 Å². The Hall–Kier alpha value is -1.89. The van der Waals surface area contributed by atoms with Gasteiger partial charge in [-0.3, -0.25) is 13.9 Å². The Morgan fingerprint density at radius 2 is 1.46 bits per heavy atom. The number of imidazole rings is 1. The van der Waals surface area contributed by atoms with Gasteiger partial charge in [-0.2, -0.15) is 0 Å². The van der Waals surface area contributed by atoms with E-state index in [0.717, 1.165) is 32.2 Å². The Balaban J connectivity index is 1.97. The molecule has 0 saturated heterocycles. The molecule has 0 bridgehead atoms. The monoisotopic (exact) mass is 364 g/mol. The molecule has 0 atom stereocenters. The highest BCUT2D eigenvalue weighted by molar-refractivity contribution is 5.70. The van der Waals surface area contributed by atoms with Crippen LogP contribution in [0.5, 0.6) is 0 Å². The van der Waals surface area contributed by atoms with Gasteiger partial charge in [-0.25, -0.2) is 9.78 Å². The highest BCUT2D eigenvalue weighted by atomic mass is 16.3. The van der Waals surface area contributed by atoms with E-state index in [1.165, 1.54) is 30.3 Å². The van der Waals surface area contributed by atoms with Crippen LogP contribution >= 0.6 is 0 Å². The average molecular weight is 364 g/mol. The van der Waals surface area contributed by atoms with Gasteiger partial charge in [0.25, 0.3) is 5.56 Å². The van der Waals surface area contributed by atoms with E-state index in [9.17, 15) is 9.59 Å². The minimum absolute atomic E-state index is 0.237. The quantitative estimate of drug-likeness (QED) is 0.587. The van der Waals surface area contributed by atoms with E-state index in [2.05, 4.69) is 4.98 Å². The third-order valence-corrected chi connectivity index (χ3v) is 4.92. The smallest absolute Gasteiger partial charge is 0.332 e. The lowest BCUT2D eigenvalue weighted by atomic mass is 10.1. The zero-order valence-corrected chi connectivity index (χ0v) is 16.1. The largest absolute Gasteiger partial charge is 0.396 e. The maximum Gasteiger partial charge on any atom is 0.332 e. The van der Waals surface area contributed by atoms with Crippen molar-refractivity contribution in [1.29, 1.82) is 0 Å².